The number of nitrogens with one attached hydrogen (secondary N) is 2. The molecule has 10 heteroatoms. The van der Waals surface area contributed by atoms with Crippen molar-refractivity contribution in [1.29, 1.82) is 0 Å². The maximum Gasteiger partial charge on any atom is 0.240 e. The van der Waals surface area contributed by atoms with Gasteiger partial charge in [0.2, 0.25) is 10.0 Å². The van der Waals surface area contributed by atoms with Gasteiger partial charge in [-0.3, -0.25) is 4.98 Å². The van der Waals surface area contributed by atoms with Crippen LogP contribution in [-0.2, 0) is 23.0 Å². The van der Waals surface area contributed by atoms with Crippen LogP contribution < -0.4 is 10.0 Å². The molecule has 30 heavy (non-hydrogen) atoms. The van der Waals surface area contributed by atoms with Gasteiger partial charge in [0.05, 0.1) is 4.90 Å². The SMILES string of the molecule is Cc1cccc(S(=O)(=O)NCCc2nnc3ccc(NCc4ccncc4)nn23)c1. The first-order chi connectivity index (χ1) is 14.5. The fraction of sp³-hybridized carbons (Fsp3) is 0.200. The first kappa shape index (κ1) is 19.9. The second kappa shape index (κ2) is 8.56. The molecule has 0 amide bonds. The van der Waals surface area contributed by atoms with E-state index in [1.165, 1.54) is 0 Å². The van der Waals surface area contributed by atoms with Gasteiger partial charge in [-0.15, -0.1) is 15.3 Å². The van der Waals surface area contributed by atoms with Gasteiger partial charge in [-0.05, 0) is 54.4 Å². The van der Waals surface area contributed by atoms with E-state index in [1.807, 2.05) is 37.3 Å². The Labute approximate surface area is 174 Å². The van der Waals surface area contributed by atoms with Gasteiger partial charge in [0.15, 0.2) is 11.5 Å². The van der Waals surface area contributed by atoms with Gasteiger partial charge in [0, 0.05) is 31.9 Å². The summed E-state index contributed by atoms with van der Waals surface area (Å²) in [6.07, 6.45) is 3.83. The van der Waals surface area contributed by atoms with Gasteiger partial charge in [0.1, 0.15) is 5.82 Å². The molecular formula is C20H21N7O2S. The normalized spacial score (nSPS) is 11.6. The Morgan fingerprint density at radius 3 is 2.67 bits per heavy atom. The molecule has 0 spiro atoms. The molecule has 4 rings (SSSR count). The first-order valence-electron chi connectivity index (χ1n) is 9.42. The van der Waals surface area contributed by atoms with Crippen LogP contribution in [0, 0.1) is 6.92 Å². The van der Waals surface area contributed by atoms with Crippen LogP contribution in [0.15, 0.2) is 65.8 Å². The molecule has 2 N–H and O–H groups in total. The van der Waals surface area contributed by atoms with E-state index in [0.717, 1.165) is 11.1 Å². The third kappa shape index (κ3) is 4.61. The number of rotatable bonds is 8. The Bertz CT molecular complexity index is 1260. The summed E-state index contributed by atoms with van der Waals surface area (Å²) in [5.41, 5.74) is 2.57. The predicted molar refractivity (Wildman–Crippen MR) is 112 cm³/mol. The summed E-state index contributed by atoms with van der Waals surface area (Å²) >= 11 is 0. The number of aryl methyl sites for hydroxylation is 1. The number of hydrogen-bond donors (Lipinski definition) is 2. The summed E-state index contributed by atoms with van der Waals surface area (Å²) in [6, 6.07) is 14.3. The van der Waals surface area contributed by atoms with Crippen molar-refractivity contribution in [2.45, 2.75) is 24.8 Å². The Morgan fingerprint density at radius 1 is 1.03 bits per heavy atom. The fourth-order valence-electron chi connectivity index (χ4n) is 2.94. The van der Waals surface area contributed by atoms with Crippen LogP contribution in [0.4, 0.5) is 5.82 Å². The van der Waals surface area contributed by atoms with Crippen LogP contribution in [0.2, 0.25) is 0 Å². The number of fused-ring (bicyclic) bond motifs is 1. The van der Waals surface area contributed by atoms with Crippen molar-refractivity contribution in [3.8, 4) is 0 Å². The van der Waals surface area contributed by atoms with Crippen LogP contribution in [-0.4, -0.2) is 39.8 Å². The third-order valence-electron chi connectivity index (χ3n) is 4.49. The summed E-state index contributed by atoms with van der Waals surface area (Å²) in [6.45, 7) is 2.65. The lowest BCUT2D eigenvalue weighted by Crippen LogP contribution is -2.26. The summed E-state index contributed by atoms with van der Waals surface area (Å²) in [4.78, 5) is 4.25. The van der Waals surface area contributed by atoms with E-state index in [2.05, 4.69) is 30.3 Å². The minimum Gasteiger partial charge on any atom is -0.365 e. The van der Waals surface area contributed by atoms with E-state index >= 15 is 0 Å². The Hall–Kier alpha value is -3.37. The van der Waals surface area contributed by atoms with E-state index < -0.39 is 10.0 Å². The van der Waals surface area contributed by atoms with Crippen molar-refractivity contribution in [1.82, 2.24) is 29.5 Å². The molecule has 0 radical (unpaired) electrons. The second-order valence-corrected chi connectivity index (χ2v) is 8.55. The van der Waals surface area contributed by atoms with Crippen molar-refractivity contribution in [3.63, 3.8) is 0 Å². The predicted octanol–water partition coefficient (Wildman–Crippen LogP) is 1.96. The summed E-state index contributed by atoms with van der Waals surface area (Å²) in [5, 5.41) is 16.0. The minimum absolute atomic E-state index is 0.188. The van der Waals surface area contributed by atoms with E-state index in [-0.39, 0.29) is 11.4 Å². The zero-order chi connectivity index (χ0) is 21.0. The van der Waals surface area contributed by atoms with Crippen LogP contribution >= 0.6 is 0 Å². The zero-order valence-electron chi connectivity index (χ0n) is 16.4. The lowest BCUT2D eigenvalue weighted by atomic mass is 10.2. The first-order valence-corrected chi connectivity index (χ1v) is 10.9. The molecule has 0 bridgehead atoms. The molecule has 0 saturated heterocycles. The third-order valence-corrected chi connectivity index (χ3v) is 5.95. The van der Waals surface area contributed by atoms with Crippen molar-refractivity contribution in [3.05, 3.63) is 77.9 Å². The average Bonchev–Trinajstić information content (AvgIpc) is 3.15. The molecule has 0 unspecified atom stereocenters. The molecule has 9 nitrogen and oxygen atoms in total. The molecule has 4 aromatic rings. The van der Waals surface area contributed by atoms with E-state index in [0.29, 0.717) is 30.3 Å². The van der Waals surface area contributed by atoms with Crippen LogP contribution in [0.5, 0.6) is 0 Å². The van der Waals surface area contributed by atoms with Gasteiger partial charge < -0.3 is 5.32 Å². The van der Waals surface area contributed by atoms with Crippen LogP contribution in [0.25, 0.3) is 5.65 Å². The van der Waals surface area contributed by atoms with Crippen LogP contribution in [0.1, 0.15) is 17.0 Å². The molecule has 0 aliphatic rings. The van der Waals surface area contributed by atoms with Crippen molar-refractivity contribution >= 4 is 21.5 Å². The number of benzene rings is 1. The highest BCUT2D eigenvalue weighted by molar-refractivity contribution is 7.89. The maximum absolute atomic E-state index is 12.5. The fourth-order valence-corrected chi connectivity index (χ4v) is 4.08. The molecular weight excluding hydrogens is 402 g/mol. The van der Waals surface area contributed by atoms with Crippen LogP contribution in [0.3, 0.4) is 0 Å². The molecule has 0 fully saturated rings. The lowest BCUT2D eigenvalue weighted by Gasteiger charge is -2.08. The minimum atomic E-state index is -3.58. The standard InChI is InChI=1S/C20H21N7O2S/c1-15-3-2-4-17(13-15)30(28,29)23-12-9-20-25-24-19-6-5-18(26-27(19)20)22-14-16-7-10-21-11-8-16/h2-8,10-11,13,23H,9,12,14H2,1H3,(H,22,26). The number of aromatic nitrogens is 5. The van der Waals surface area contributed by atoms with Gasteiger partial charge in [-0.2, -0.15) is 4.52 Å². The quantitative estimate of drug-likeness (QED) is 0.445. The molecule has 3 heterocycles. The van der Waals surface area contributed by atoms with Crippen molar-refractivity contribution in [2.75, 3.05) is 11.9 Å². The summed E-state index contributed by atoms with van der Waals surface area (Å²) in [5.74, 6) is 1.24. The Balaban J connectivity index is 1.43. The number of nitrogens with zero attached hydrogens (tertiary/aromatic N) is 5. The van der Waals surface area contributed by atoms with E-state index in [9.17, 15) is 8.42 Å². The van der Waals surface area contributed by atoms with Gasteiger partial charge in [-0.1, -0.05) is 12.1 Å². The Kier molecular flexibility index (Phi) is 5.68. The molecule has 0 atom stereocenters. The monoisotopic (exact) mass is 423 g/mol. The maximum atomic E-state index is 12.5. The number of sulfonamides is 1. The Morgan fingerprint density at radius 2 is 1.87 bits per heavy atom. The van der Waals surface area contributed by atoms with Crippen molar-refractivity contribution < 1.29 is 8.42 Å². The lowest BCUT2D eigenvalue weighted by molar-refractivity contribution is 0.580. The highest BCUT2D eigenvalue weighted by Gasteiger charge is 2.15. The average molecular weight is 424 g/mol. The van der Waals surface area contributed by atoms with Gasteiger partial charge in [-0.25, -0.2) is 13.1 Å². The highest BCUT2D eigenvalue weighted by atomic mass is 32.2. The number of anilines is 1. The smallest absolute Gasteiger partial charge is 0.240 e. The number of hydrogen-bond acceptors (Lipinski definition) is 7. The molecule has 3 aromatic heterocycles. The largest absolute Gasteiger partial charge is 0.365 e. The summed E-state index contributed by atoms with van der Waals surface area (Å²) in [7, 11) is -3.58. The van der Waals surface area contributed by atoms with Gasteiger partial charge >= 0.3 is 0 Å². The molecule has 0 aliphatic carbocycles. The number of pyridine rings is 1. The topological polar surface area (TPSA) is 114 Å². The van der Waals surface area contributed by atoms with E-state index in [4.69, 9.17) is 0 Å². The zero-order valence-corrected chi connectivity index (χ0v) is 17.2. The highest BCUT2D eigenvalue weighted by Crippen LogP contribution is 2.12. The van der Waals surface area contributed by atoms with Gasteiger partial charge in [0.25, 0.3) is 0 Å². The molecule has 154 valence electrons. The molecule has 1 aromatic carbocycles. The van der Waals surface area contributed by atoms with E-state index in [1.54, 1.807) is 35.1 Å². The molecule has 0 saturated carbocycles. The summed E-state index contributed by atoms with van der Waals surface area (Å²) < 4.78 is 29.2. The molecule has 0 aliphatic heterocycles. The van der Waals surface area contributed by atoms with Crippen molar-refractivity contribution in [2.24, 2.45) is 0 Å². The second-order valence-electron chi connectivity index (χ2n) is 6.78.